The van der Waals surface area contributed by atoms with E-state index in [0.717, 1.165) is 24.4 Å². The fraction of sp³-hybridized carbons (Fsp3) is 0.214. The molecule has 1 aliphatic rings. The molecule has 3 rings (SSSR count). The van der Waals surface area contributed by atoms with E-state index in [4.69, 9.17) is 9.52 Å². The zero-order valence-electron chi connectivity index (χ0n) is 10.1. The Morgan fingerprint density at radius 1 is 1.37 bits per heavy atom. The standard InChI is InChI=1S/C14H12BrNO3/c15-13-4-3-11(19-13)8-16-6-5-9-1-2-10(14(17)18)7-12(9)16/h1-4,7H,5-6,8H2,(H,17,18). The summed E-state index contributed by atoms with van der Waals surface area (Å²) in [5.74, 6) is -0.0316. The molecule has 0 fully saturated rings. The molecule has 5 heteroatoms. The van der Waals surface area contributed by atoms with E-state index in [1.807, 2.05) is 18.2 Å². The second-order valence-electron chi connectivity index (χ2n) is 4.53. The molecule has 0 spiro atoms. The molecule has 1 aromatic carbocycles. The highest BCUT2D eigenvalue weighted by molar-refractivity contribution is 9.10. The SMILES string of the molecule is O=C(O)c1ccc2c(c1)N(Cc1ccc(Br)o1)CC2. The van der Waals surface area contributed by atoms with Crippen LogP contribution in [0.25, 0.3) is 0 Å². The van der Waals surface area contributed by atoms with E-state index >= 15 is 0 Å². The molecule has 0 unspecified atom stereocenters. The van der Waals surface area contributed by atoms with Gasteiger partial charge in [-0.15, -0.1) is 0 Å². The van der Waals surface area contributed by atoms with Crippen molar-refractivity contribution in [3.8, 4) is 0 Å². The Balaban J connectivity index is 1.88. The number of carbonyl (C=O) groups is 1. The summed E-state index contributed by atoms with van der Waals surface area (Å²) < 4.78 is 6.21. The molecule has 2 aromatic rings. The van der Waals surface area contributed by atoms with Gasteiger partial charge in [-0.25, -0.2) is 4.79 Å². The van der Waals surface area contributed by atoms with Crippen LogP contribution in [-0.2, 0) is 13.0 Å². The van der Waals surface area contributed by atoms with Gasteiger partial charge in [-0.05, 0) is 52.2 Å². The molecular formula is C14H12BrNO3. The van der Waals surface area contributed by atoms with E-state index in [-0.39, 0.29) is 0 Å². The number of nitrogens with zero attached hydrogens (tertiary/aromatic N) is 1. The number of halogens is 1. The number of rotatable bonds is 3. The minimum Gasteiger partial charge on any atom is -0.478 e. The van der Waals surface area contributed by atoms with Crippen molar-refractivity contribution in [1.29, 1.82) is 0 Å². The first-order chi connectivity index (χ1) is 9.13. The first-order valence-corrected chi connectivity index (χ1v) is 6.78. The van der Waals surface area contributed by atoms with E-state index in [2.05, 4.69) is 20.8 Å². The molecule has 19 heavy (non-hydrogen) atoms. The van der Waals surface area contributed by atoms with Gasteiger partial charge in [0.2, 0.25) is 0 Å². The molecule has 98 valence electrons. The second-order valence-corrected chi connectivity index (χ2v) is 5.31. The summed E-state index contributed by atoms with van der Waals surface area (Å²) >= 11 is 3.28. The number of hydrogen-bond acceptors (Lipinski definition) is 3. The van der Waals surface area contributed by atoms with Crippen LogP contribution < -0.4 is 4.90 Å². The normalized spacial score (nSPS) is 13.6. The summed E-state index contributed by atoms with van der Waals surface area (Å²) in [5, 5.41) is 9.05. The topological polar surface area (TPSA) is 53.7 Å². The van der Waals surface area contributed by atoms with Gasteiger partial charge in [-0.3, -0.25) is 0 Å². The van der Waals surface area contributed by atoms with E-state index in [1.54, 1.807) is 12.1 Å². The molecule has 0 bridgehead atoms. The highest BCUT2D eigenvalue weighted by atomic mass is 79.9. The van der Waals surface area contributed by atoms with Gasteiger partial charge in [0.05, 0.1) is 12.1 Å². The molecule has 1 N–H and O–H groups in total. The summed E-state index contributed by atoms with van der Waals surface area (Å²) in [6.45, 7) is 1.54. The second kappa shape index (κ2) is 4.74. The summed E-state index contributed by atoms with van der Waals surface area (Å²) in [6.07, 6.45) is 0.942. The average Bonchev–Trinajstić information content (AvgIpc) is 2.96. The number of furan rings is 1. The van der Waals surface area contributed by atoms with Crippen molar-refractivity contribution in [2.24, 2.45) is 0 Å². The minimum atomic E-state index is -0.893. The Bertz CT molecular complexity index is 635. The zero-order chi connectivity index (χ0) is 13.4. The summed E-state index contributed by atoms with van der Waals surface area (Å²) in [6, 6.07) is 9.08. The van der Waals surface area contributed by atoms with Gasteiger partial charge in [0.25, 0.3) is 0 Å². The highest BCUT2D eigenvalue weighted by Crippen LogP contribution is 2.31. The van der Waals surface area contributed by atoms with Crippen molar-refractivity contribution in [3.05, 3.63) is 51.9 Å². The summed E-state index contributed by atoms with van der Waals surface area (Å²) in [5.41, 5.74) is 2.51. The lowest BCUT2D eigenvalue weighted by atomic mass is 10.1. The summed E-state index contributed by atoms with van der Waals surface area (Å²) in [4.78, 5) is 13.2. The van der Waals surface area contributed by atoms with Gasteiger partial charge in [0, 0.05) is 12.2 Å². The number of carboxylic acids is 1. The van der Waals surface area contributed by atoms with Crippen LogP contribution >= 0.6 is 15.9 Å². The van der Waals surface area contributed by atoms with E-state index in [9.17, 15) is 4.79 Å². The highest BCUT2D eigenvalue weighted by Gasteiger charge is 2.21. The third kappa shape index (κ3) is 2.38. The van der Waals surface area contributed by atoms with Crippen LogP contribution in [0.15, 0.2) is 39.4 Å². The number of hydrogen-bond donors (Lipinski definition) is 1. The molecule has 0 saturated heterocycles. The Morgan fingerprint density at radius 3 is 2.89 bits per heavy atom. The van der Waals surface area contributed by atoms with Gasteiger partial charge in [0.1, 0.15) is 5.76 Å². The lowest BCUT2D eigenvalue weighted by molar-refractivity contribution is 0.0697. The van der Waals surface area contributed by atoms with Crippen LogP contribution in [0.3, 0.4) is 0 Å². The monoisotopic (exact) mass is 321 g/mol. The lowest BCUT2D eigenvalue weighted by Crippen LogP contribution is -2.19. The minimum absolute atomic E-state index is 0.325. The zero-order valence-corrected chi connectivity index (χ0v) is 11.7. The van der Waals surface area contributed by atoms with Crippen molar-refractivity contribution in [3.63, 3.8) is 0 Å². The largest absolute Gasteiger partial charge is 0.478 e. The van der Waals surface area contributed by atoms with E-state index in [0.29, 0.717) is 16.8 Å². The maximum Gasteiger partial charge on any atom is 0.335 e. The molecule has 0 radical (unpaired) electrons. The smallest absolute Gasteiger partial charge is 0.335 e. The van der Waals surface area contributed by atoms with Crippen LogP contribution in [0.2, 0.25) is 0 Å². The Hall–Kier alpha value is -1.75. The van der Waals surface area contributed by atoms with Crippen molar-refractivity contribution in [2.45, 2.75) is 13.0 Å². The van der Waals surface area contributed by atoms with Crippen molar-refractivity contribution in [2.75, 3.05) is 11.4 Å². The Kier molecular flexibility index (Phi) is 3.06. The first-order valence-electron chi connectivity index (χ1n) is 5.99. The predicted octanol–water partition coefficient (Wildman–Crippen LogP) is 3.30. The van der Waals surface area contributed by atoms with Gasteiger partial charge in [-0.1, -0.05) is 6.07 Å². The third-order valence-corrected chi connectivity index (χ3v) is 3.73. The van der Waals surface area contributed by atoms with E-state index in [1.165, 1.54) is 5.56 Å². The van der Waals surface area contributed by atoms with Gasteiger partial charge >= 0.3 is 5.97 Å². The fourth-order valence-electron chi connectivity index (χ4n) is 2.37. The van der Waals surface area contributed by atoms with E-state index < -0.39 is 5.97 Å². The van der Waals surface area contributed by atoms with Crippen molar-refractivity contribution < 1.29 is 14.3 Å². The predicted molar refractivity (Wildman–Crippen MR) is 74.6 cm³/mol. The molecule has 4 nitrogen and oxygen atoms in total. The van der Waals surface area contributed by atoms with Crippen LogP contribution in [0.1, 0.15) is 21.7 Å². The fourth-order valence-corrected chi connectivity index (χ4v) is 2.71. The molecule has 0 amide bonds. The maximum atomic E-state index is 11.0. The average molecular weight is 322 g/mol. The number of anilines is 1. The molecule has 0 aliphatic carbocycles. The van der Waals surface area contributed by atoms with Crippen molar-refractivity contribution >= 4 is 27.6 Å². The molecular weight excluding hydrogens is 310 g/mol. The molecule has 0 saturated carbocycles. The first kappa shape index (κ1) is 12.3. The molecule has 2 heterocycles. The molecule has 1 aromatic heterocycles. The summed E-state index contributed by atoms with van der Waals surface area (Å²) in [7, 11) is 0. The maximum absolute atomic E-state index is 11.0. The van der Waals surface area contributed by atoms with Gasteiger partial charge in [0.15, 0.2) is 4.67 Å². The van der Waals surface area contributed by atoms with Gasteiger partial charge < -0.3 is 14.4 Å². The van der Waals surface area contributed by atoms with Crippen LogP contribution in [0, 0.1) is 0 Å². The van der Waals surface area contributed by atoms with Crippen molar-refractivity contribution in [1.82, 2.24) is 0 Å². The number of benzene rings is 1. The number of aromatic carboxylic acids is 1. The molecule has 0 atom stereocenters. The lowest BCUT2D eigenvalue weighted by Gasteiger charge is -2.18. The van der Waals surface area contributed by atoms with Gasteiger partial charge in [-0.2, -0.15) is 0 Å². The Morgan fingerprint density at radius 2 is 2.21 bits per heavy atom. The van der Waals surface area contributed by atoms with Crippen LogP contribution in [0.4, 0.5) is 5.69 Å². The molecule has 1 aliphatic heterocycles. The van der Waals surface area contributed by atoms with Crippen LogP contribution in [0.5, 0.6) is 0 Å². The van der Waals surface area contributed by atoms with Crippen LogP contribution in [-0.4, -0.2) is 17.6 Å². The third-order valence-electron chi connectivity index (χ3n) is 3.30. The Labute approximate surface area is 118 Å². The number of carboxylic acid groups (broad SMARTS) is 1. The number of fused-ring (bicyclic) bond motifs is 1. The quantitative estimate of drug-likeness (QED) is 0.942.